The first-order valence-corrected chi connectivity index (χ1v) is 7.21. The van der Waals surface area contributed by atoms with Gasteiger partial charge >= 0.3 is 0 Å². The Morgan fingerprint density at radius 2 is 1.80 bits per heavy atom. The van der Waals surface area contributed by atoms with Crippen LogP contribution in [-0.4, -0.2) is 29.0 Å². The Bertz CT molecular complexity index is 453. The van der Waals surface area contributed by atoms with Crippen molar-refractivity contribution >= 4 is 5.69 Å². The van der Waals surface area contributed by atoms with Gasteiger partial charge in [-0.05, 0) is 45.2 Å². The van der Waals surface area contributed by atoms with E-state index < -0.39 is 0 Å². The molecule has 2 rings (SSSR count). The Balaban J connectivity index is 2.02. The van der Waals surface area contributed by atoms with E-state index in [1.807, 2.05) is 12.1 Å². The van der Waals surface area contributed by atoms with Crippen LogP contribution in [0.15, 0.2) is 24.3 Å². The van der Waals surface area contributed by atoms with Gasteiger partial charge in [0.1, 0.15) is 0 Å². The Morgan fingerprint density at radius 1 is 1.25 bits per heavy atom. The van der Waals surface area contributed by atoms with Crippen LogP contribution in [-0.2, 0) is 0 Å². The van der Waals surface area contributed by atoms with Crippen molar-refractivity contribution in [3.8, 4) is 0 Å². The number of non-ortho nitro benzene ring substituents is 1. The molecule has 1 aliphatic carbocycles. The predicted octanol–water partition coefficient (Wildman–Crippen LogP) is 2.86. The molecule has 0 aromatic heterocycles. The number of benzene rings is 1. The van der Waals surface area contributed by atoms with E-state index in [-0.39, 0.29) is 16.7 Å². The molecule has 1 aromatic rings. The largest absolute Gasteiger partial charge is 0.328 e. The molecule has 0 amide bonds. The SMILES string of the molecule is CC(c1ccc([N+](=O)[O-])cc1)N(C)C1CCC(N)CC1. The van der Waals surface area contributed by atoms with E-state index in [1.165, 1.54) is 0 Å². The number of nitrogens with zero attached hydrogens (tertiary/aromatic N) is 2. The van der Waals surface area contributed by atoms with Gasteiger partial charge in [0.2, 0.25) is 0 Å². The molecule has 0 heterocycles. The molecule has 20 heavy (non-hydrogen) atoms. The summed E-state index contributed by atoms with van der Waals surface area (Å²) >= 11 is 0. The predicted molar refractivity (Wildman–Crippen MR) is 79.5 cm³/mol. The highest BCUT2D eigenvalue weighted by Gasteiger charge is 2.25. The summed E-state index contributed by atoms with van der Waals surface area (Å²) in [6, 6.07) is 8.04. The lowest BCUT2D eigenvalue weighted by molar-refractivity contribution is -0.384. The highest BCUT2D eigenvalue weighted by molar-refractivity contribution is 5.34. The first-order valence-electron chi connectivity index (χ1n) is 7.21. The molecule has 0 radical (unpaired) electrons. The van der Waals surface area contributed by atoms with Crippen molar-refractivity contribution in [2.45, 2.75) is 50.7 Å². The Labute approximate surface area is 119 Å². The van der Waals surface area contributed by atoms with Crippen molar-refractivity contribution in [1.82, 2.24) is 4.90 Å². The van der Waals surface area contributed by atoms with Crippen LogP contribution in [0.3, 0.4) is 0 Å². The second-order valence-electron chi connectivity index (χ2n) is 5.76. The summed E-state index contributed by atoms with van der Waals surface area (Å²) in [4.78, 5) is 12.7. The first-order chi connectivity index (χ1) is 9.49. The monoisotopic (exact) mass is 277 g/mol. The Hall–Kier alpha value is -1.46. The maximum absolute atomic E-state index is 10.7. The molecular weight excluding hydrogens is 254 g/mol. The van der Waals surface area contributed by atoms with Crippen LogP contribution < -0.4 is 5.73 Å². The second-order valence-corrected chi connectivity index (χ2v) is 5.76. The summed E-state index contributed by atoms with van der Waals surface area (Å²) in [5.41, 5.74) is 7.21. The van der Waals surface area contributed by atoms with Crippen molar-refractivity contribution < 1.29 is 4.92 Å². The molecule has 1 atom stereocenters. The van der Waals surface area contributed by atoms with Gasteiger partial charge in [0.15, 0.2) is 0 Å². The van der Waals surface area contributed by atoms with Gasteiger partial charge in [0.25, 0.3) is 5.69 Å². The third-order valence-corrected chi connectivity index (χ3v) is 4.51. The number of hydrogen-bond acceptors (Lipinski definition) is 4. The molecular formula is C15H23N3O2. The molecule has 1 aliphatic rings. The molecule has 2 N–H and O–H groups in total. The minimum Gasteiger partial charge on any atom is -0.328 e. The summed E-state index contributed by atoms with van der Waals surface area (Å²) in [6.45, 7) is 2.15. The van der Waals surface area contributed by atoms with Crippen LogP contribution in [0.1, 0.15) is 44.2 Å². The van der Waals surface area contributed by atoms with Gasteiger partial charge in [-0.1, -0.05) is 12.1 Å². The molecule has 1 aromatic carbocycles. The van der Waals surface area contributed by atoms with Crippen molar-refractivity contribution in [1.29, 1.82) is 0 Å². The molecule has 5 nitrogen and oxygen atoms in total. The summed E-state index contributed by atoms with van der Waals surface area (Å²) in [7, 11) is 2.13. The minimum atomic E-state index is -0.360. The van der Waals surface area contributed by atoms with Crippen LogP contribution in [0.4, 0.5) is 5.69 Å². The average molecular weight is 277 g/mol. The van der Waals surface area contributed by atoms with Gasteiger partial charge in [-0.25, -0.2) is 0 Å². The smallest absolute Gasteiger partial charge is 0.269 e. The maximum atomic E-state index is 10.7. The summed E-state index contributed by atoms with van der Waals surface area (Å²) < 4.78 is 0. The Kier molecular flexibility index (Phi) is 4.73. The number of rotatable bonds is 4. The van der Waals surface area contributed by atoms with Crippen LogP contribution in [0.25, 0.3) is 0 Å². The number of nitrogens with two attached hydrogens (primary N) is 1. The average Bonchev–Trinajstić information content (AvgIpc) is 2.46. The van der Waals surface area contributed by atoms with E-state index in [2.05, 4.69) is 18.9 Å². The van der Waals surface area contributed by atoms with Crippen molar-refractivity contribution in [2.24, 2.45) is 5.73 Å². The van der Waals surface area contributed by atoms with Crippen molar-refractivity contribution in [3.05, 3.63) is 39.9 Å². The molecule has 1 fully saturated rings. The van der Waals surface area contributed by atoms with Gasteiger partial charge in [-0.3, -0.25) is 15.0 Å². The van der Waals surface area contributed by atoms with E-state index in [0.29, 0.717) is 12.1 Å². The Morgan fingerprint density at radius 3 is 2.30 bits per heavy atom. The summed E-state index contributed by atoms with van der Waals surface area (Å²) in [5.74, 6) is 0. The highest BCUT2D eigenvalue weighted by Crippen LogP contribution is 2.29. The van der Waals surface area contributed by atoms with Crippen molar-refractivity contribution in [2.75, 3.05) is 7.05 Å². The van der Waals surface area contributed by atoms with E-state index in [4.69, 9.17) is 5.73 Å². The fraction of sp³-hybridized carbons (Fsp3) is 0.600. The molecule has 0 bridgehead atoms. The van der Waals surface area contributed by atoms with Gasteiger partial charge in [-0.2, -0.15) is 0 Å². The van der Waals surface area contributed by atoms with E-state index in [9.17, 15) is 10.1 Å². The molecule has 0 aliphatic heterocycles. The first kappa shape index (κ1) is 14.9. The lowest BCUT2D eigenvalue weighted by Crippen LogP contribution is -2.39. The number of nitro groups is 1. The van der Waals surface area contributed by atoms with E-state index in [1.54, 1.807) is 12.1 Å². The topological polar surface area (TPSA) is 72.4 Å². The third-order valence-electron chi connectivity index (χ3n) is 4.51. The van der Waals surface area contributed by atoms with Gasteiger partial charge < -0.3 is 5.73 Å². The molecule has 1 unspecified atom stereocenters. The highest BCUT2D eigenvalue weighted by atomic mass is 16.6. The molecule has 0 spiro atoms. The quantitative estimate of drug-likeness (QED) is 0.678. The van der Waals surface area contributed by atoms with Crippen molar-refractivity contribution in [3.63, 3.8) is 0 Å². The van der Waals surface area contributed by atoms with E-state index in [0.717, 1.165) is 31.2 Å². The number of nitro benzene ring substituents is 1. The van der Waals surface area contributed by atoms with Crippen LogP contribution in [0.5, 0.6) is 0 Å². The number of hydrogen-bond donors (Lipinski definition) is 1. The van der Waals surface area contributed by atoms with E-state index >= 15 is 0 Å². The maximum Gasteiger partial charge on any atom is 0.269 e. The second kappa shape index (κ2) is 6.33. The summed E-state index contributed by atoms with van der Waals surface area (Å²) in [5, 5.41) is 10.7. The van der Waals surface area contributed by atoms with Crippen LogP contribution in [0, 0.1) is 10.1 Å². The summed E-state index contributed by atoms with van der Waals surface area (Å²) in [6.07, 6.45) is 4.44. The zero-order chi connectivity index (χ0) is 14.7. The fourth-order valence-corrected chi connectivity index (χ4v) is 2.93. The standard InChI is InChI=1S/C15H23N3O2/c1-11(12-3-7-15(8-4-12)18(19)20)17(2)14-9-5-13(16)6-10-14/h3-4,7-8,11,13-14H,5-6,9-10,16H2,1-2H3. The molecule has 0 saturated heterocycles. The molecule has 1 saturated carbocycles. The van der Waals surface area contributed by atoms with Crippen LogP contribution in [0.2, 0.25) is 0 Å². The zero-order valence-electron chi connectivity index (χ0n) is 12.2. The van der Waals surface area contributed by atoms with Gasteiger partial charge in [-0.15, -0.1) is 0 Å². The van der Waals surface area contributed by atoms with Gasteiger partial charge in [0, 0.05) is 30.3 Å². The fourth-order valence-electron chi connectivity index (χ4n) is 2.93. The normalized spacial score (nSPS) is 24.6. The molecule has 110 valence electrons. The lowest BCUT2D eigenvalue weighted by Gasteiger charge is -2.37. The van der Waals surface area contributed by atoms with Crippen LogP contribution >= 0.6 is 0 Å². The van der Waals surface area contributed by atoms with Gasteiger partial charge in [0.05, 0.1) is 4.92 Å². The lowest BCUT2D eigenvalue weighted by atomic mass is 9.90. The molecule has 5 heteroatoms. The third kappa shape index (κ3) is 3.35. The zero-order valence-corrected chi connectivity index (χ0v) is 12.2. The minimum absolute atomic E-state index is 0.146.